The minimum atomic E-state index is -0.845. The van der Waals surface area contributed by atoms with Crippen LogP contribution >= 0.6 is 0 Å². The molecule has 3 aromatic rings. The highest BCUT2D eigenvalue weighted by Gasteiger charge is 2.31. The van der Waals surface area contributed by atoms with Crippen molar-refractivity contribution in [2.45, 2.75) is 19.4 Å². The summed E-state index contributed by atoms with van der Waals surface area (Å²) in [6, 6.07) is 12.3. The summed E-state index contributed by atoms with van der Waals surface area (Å²) in [5, 5.41) is 2.77. The van der Waals surface area contributed by atoms with Crippen LogP contribution in [0.4, 0.5) is 5.69 Å². The molecular formula is C18H14N2O4. The monoisotopic (exact) mass is 322 g/mol. The number of hydrogen-bond acceptors (Lipinski definition) is 5. The molecule has 6 nitrogen and oxygen atoms in total. The second-order valence-electron chi connectivity index (χ2n) is 5.66. The fourth-order valence-corrected chi connectivity index (χ4v) is 2.82. The molecule has 1 aromatic heterocycles. The molecule has 6 heteroatoms. The van der Waals surface area contributed by atoms with Gasteiger partial charge in [0.25, 0.3) is 5.91 Å². The molecule has 0 saturated heterocycles. The number of rotatable bonds is 2. The van der Waals surface area contributed by atoms with Gasteiger partial charge in [-0.3, -0.25) is 4.79 Å². The van der Waals surface area contributed by atoms with Crippen molar-refractivity contribution in [1.29, 1.82) is 0 Å². The van der Waals surface area contributed by atoms with Crippen LogP contribution in [0.25, 0.3) is 11.1 Å². The van der Waals surface area contributed by atoms with Crippen molar-refractivity contribution >= 4 is 28.7 Å². The van der Waals surface area contributed by atoms with Crippen LogP contribution < -0.4 is 5.32 Å². The Morgan fingerprint density at radius 1 is 1.25 bits per heavy atom. The lowest BCUT2D eigenvalue weighted by atomic mass is 9.98. The zero-order chi connectivity index (χ0) is 16.7. The first-order valence-corrected chi connectivity index (χ1v) is 7.57. The first-order chi connectivity index (χ1) is 11.6. The third kappa shape index (κ3) is 2.52. The van der Waals surface area contributed by atoms with Crippen LogP contribution in [0.1, 0.15) is 21.8 Å². The molecule has 1 atom stereocenters. The third-order valence-corrected chi connectivity index (χ3v) is 3.95. The van der Waals surface area contributed by atoms with E-state index in [0.29, 0.717) is 34.7 Å². The van der Waals surface area contributed by atoms with Crippen molar-refractivity contribution in [3.05, 3.63) is 59.5 Å². The molecule has 0 fully saturated rings. The minimum Gasteiger partial charge on any atom is -0.448 e. The summed E-state index contributed by atoms with van der Waals surface area (Å²) < 4.78 is 10.7. The summed E-state index contributed by atoms with van der Waals surface area (Å²) >= 11 is 0. The standard InChI is InChI=1S/C18H14N2O4/c1-10-19-14-9-12(6-7-15(14)23-10)20-17(21)16-8-11-4-2-3-5-13(11)18(22)24-16/h2-7,9,16H,8H2,1H3,(H,20,21). The summed E-state index contributed by atoms with van der Waals surface area (Å²) in [4.78, 5) is 28.7. The third-order valence-electron chi connectivity index (χ3n) is 3.95. The van der Waals surface area contributed by atoms with Crippen molar-refractivity contribution in [3.8, 4) is 0 Å². The van der Waals surface area contributed by atoms with Crippen molar-refractivity contribution in [2.75, 3.05) is 5.32 Å². The maximum Gasteiger partial charge on any atom is 0.339 e. The molecule has 2 aromatic carbocycles. The number of ether oxygens (including phenoxy) is 1. The number of benzene rings is 2. The maximum atomic E-state index is 12.4. The van der Waals surface area contributed by atoms with E-state index >= 15 is 0 Å². The number of esters is 1. The van der Waals surface area contributed by atoms with Gasteiger partial charge in [-0.05, 0) is 29.8 Å². The van der Waals surface area contributed by atoms with E-state index in [-0.39, 0.29) is 5.91 Å². The largest absolute Gasteiger partial charge is 0.448 e. The lowest BCUT2D eigenvalue weighted by molar-refractivity contribution is -0.125. The Hall–Kier alpha value is -3.15. The average Bonchev–Trinajstić information content (AvgIpc) is 2.94. The number of anilines is 1. The van der Waals surface area contributed by atoms with Crippen LogP contribution in [-0.2, 0) is 16.0 Å². The first kappa shape index (κ1) is 14.4. The Morgan fingerprint density at radius 2 is 2.08 bits per heavy atom. The summed E-state index contributed by atoms with van der Waals surface area (Å²) in [6.45, 7) is 1.76. The second kappa shape index (κ2) is 5.49. The molecule has 1 aliphatic heterocycles. The zero-order valence-corrected chi connectivity index (χ0v) is 12.9. The number of nitrogens with one attached hydrogen (secondary N) is 1. The average molecular weight is 322 g/mol. The van der Waals surface area contributed by atoms with E-state index in [1.54, 1.807) is 37.3 Å². The smallest absolute Gasteiger partial charge is 0.339 e. The molecule has 1 amide bonds. The van der Waals surface area contributed by atoms with E-state index in [4.69, 9.17) is 9.15 Å². The van der Waals surface area contributed by atoms with Gasteiger partial charge in [0, 0.05) is 19.0 Å². The van der Waals surface area contributed by atoms with Crippen LogP contribution in [-0.4, -0.2) is 23.0 Å². The van der Waals surface area contributed by atoms with Crippen molar-refractivity contribution in [2.24, 2.45) is 0 Å². The van der Waals surface area contributed by atoms with E-state index < -0.39 is 12.1 Å². The number of hydrogen-bond donors (Lipinski definition) is 1. The van der Waals surface area contributed by atoms with Gasteiger partial charge in [-0.15, -0.1) is 0 Å². The van der Waals surface area contributed by atoms with Crippen LogP contribution in [0.3, 0.4) is 0 Å². The number of amides is 1. The summed E-state index contributed by atoms with van der Waals surface area (Å²) in [7, 11) is 0. The Morgan fingerprint density at radius 3 is 2.96 bits per heavy atom. The molecule has 24 heavy (non-hydrogen) atoms. The van der Waals surface area contributed by atoms with Crippen molar-refractivity contribution in [3.63, 3.8) is 0 Å². The Balaban J connectivity index is 1.54. The molecule has 0 radical (unpaired) electrons. The predicted molar refractivity (Wildman–Crippen MR) is 86.7 cm³/mol. The SMILES string of the molecule is Cc1nc2cc(NC(=O)C3Cc4ccccc4C(=O)O3)ccc2o1. The maximum absolute atomic E-state index is 12.4. The second-order valence-corrected chi connectivity index (χ2v) is 5.66. The zero-order valence-electron chi connectivity index (χ0n) is 12.9. The molecule has 0 bridgehead atoms. The van der Waals surface area contributed by atoms with Gasteiger partial charge in [-0.1, -0.05) is 18.2 Å². The van der Waals surface area contributed by atoms with E-state index in [9.17, 15) is 9.59 Å². The van der Waals surface area contributed by atoms with Gasteiger partial charge in [-0.25, -0.2) is 9.78 Å². The molecule has 1 aliphatic rings. The summed E-state index contributed by atoms with van der Waals surface area (Å²) in [6.07, 6.45) is -0.485. The Kier molecular flexibility index (Phi) is 3.30. The number of aryl methyl sites for hydroxylation is 1. The normalized spacial score (nSPS) is 16.5. The van der Waals surface area contributed by atoms with Crippen LogP contribution in [0.2, 0.25) is 0 Å². The van der Waals surface area contributed by atoms with Gasteiger partial charge in [0.05, 0.1) is 5.56 Å². The number of cyclic esters (lactones) is 1. The van der Waals surface area contributed by atoms with Crippen molar-refractivity contribution in [1.82, 2.24) is 4.98 Å². The summed E-state index contributed by atoms with van der Waals surface area (Å²) in [5.74, 6) is -0.275. The summed E-state index contributed by atoms with van der Waals surface area (Å²) in [5.41, 5.74) is 3.23. The molecular weight excluding hydrogens is 308 g/mol. The van der Waals surface area contributed by atoms with Crippen LogP contribution in [0.15, 0.2) is 46.9 Å². The first-order valence-electron chi connectivity index (χ1n) is 7.57. The van der Waals surface area contributed by atoms with E-state index in [2.05, 4.69) is 10.3 Å². The van der Waals surface area contributed by atoms with Gasteiger partial charge in [0.15, 0.2) is 17.6 Å². The molecule has 1 unspecified atom stereocenters. The van der Waals surface area contributed by atoms with E-state index in [1.807, 2.05) is 12.1 Å². The van der Waals surface area contributed by atoms with Crippen LogP contribution in [0, 0.1) is 6.92 Å². The predicted octanol–water partition coefficient (Wildman–Crippen LogP) is 2.86. The number of nitrogens with zero attached hydrogens (tertiary/aromatic N) is 1. The minimum absolute atomic E-state index is 0.360. The lowest BCUT2D eigenvalue weighted by Crippen LogP contribution is -2.37. The molecule has 0 aliphatic carbocycles. The number of fused-ring (bicyclic) bond motifs is 2. The van der Waals surface area contributed by atoms with E-state index in [0.717, 1.165) is 5.56 Å². The highest BCUT2D eigenvalue weighted by atomic mass is 16.5. The highest BCUT2D eigenvalue weighted by molar-refractivity contribution is 6.00. The lowest BCUT2D eigenvalue weighted by Gasteiger charge is -2.23. The van der Waals surface area contributed by atoms with Gasteiger partial charge in [0.1, 0.15) is 5.52 Å². The molecule has 120 valence electrons. The van der Waals surface area contributed by atoms with Gasteiger partial charge >= 0.3 is 5.97 Å². The molecule has 0 spiro atoms. The topological polar surface area (TPSA) is 81.4 Å². The van der Waals surface area contributed by atoms with Gasteiger partial charge in [-0.2, -0.15) is 0 Å². The van der Waals surface area contributed by atoms with E-state index in [1.165, 1.54) is 0 Å². The molecule has 4 rings (SSSR count). The molecule has 0 saturated carbocycles. The van der Waals surface area contributed by atoms with Crippen molar-refractivity contribution < 1.29 is 18.7 Å². The van der Waals surface area contributed by atoms with Gasteiger partial charge in [0.2, 0.25) is 0 Å². The number of carbonyl (C=O) groups is 2. The Labute approximate surface area is 137 Å². The van der Waals surface area contributed by atoms with Gasteiger partial charge < -0.3 is 14.5 Å². The number of oxazole rings is 1. The molecule has 1 N–H and O–H groups in total. The van der Waals surface area contributed by atoms with Crippen LogP contribution in [0.5, 0.6) is 0 Å². The molecule has 2 heterocycles. The fraction of sp³-hybridized carbons (Fsp3) is 0.167. The number of aromatic nitrogens is 1. The fourth-order valence-electron chi connectivity index (χ4n) is 2.82. The quantitative estimate of drug-likeness (QED) is 0.734. The number of carbonyl (C=O) groups excluding carboxylic acids is 2. The Bertz CT molecular complexity index is 961. The highest BCUT2D eigenvalue weighted by Crippen LogP contribution is 2.23.